The van der Waals surface area contributed by atoms with E-state index in [0.29, 0.717) is 35.3 Å². The molecule has 0 aliphatic heterocycles. The molecule has 28 heavy (non-hydrogen) atoms. The second-order valence-electron chi connectivity index (χ2n) is 5.98. The number of hydrogen-bond donors (Lipinski definition) is 1. The third-order valence-corrected chi connectivity index (χ3v) is 4.25. The fourth-order valence-electron chi connectivity index (χ4n) is 2.46. The number of aryl methyl sites for hydroxylation is 1. The molecule has 1 heterocycles. The fraction of sp³-hybridized carbons (Fsp3) is 0.200. The van der Waals surface area contributed by atoms with Crippen LogP contribution >= 0.6 is 11.6 Å². The van der Waals surface area contributed by atoms with Crippen molar-refractivity contribution in [3.63, 3.8) is 0 Å². The van der Waals surface area contributed by atoms with E-state index in [1.54, 1.807) is 48.5 Å². The number of methoxy groups -OCH3 is 1. The van der Waals surface area contributed by atoms with Crippen LogP contribution in [-0.4, -0.2) is 29.1 Å². The maximum absolute atomic E-state index is 12.0. The molecule has 144 valence electrons. The number of carbonyl (C=O) groups excluding carboxylic acids is 2. The number of halogens is 1. The summed E-state index contributed by atoms with van der Waals surface area (Å²) in [5.41, 5.74) is 2.13. The van der Waals surface area contributed by atoms with Crippen LogP contribution in [0.3, 0.4) is 0 Å². The molecule has 1 aromatic heterocycles. The lowest BCUT2D eigenvalue weighted by Crippen LogP contribution is -2.23. The molecule has 0 saturated carbocycles. The first kappa shape index (κ1) is 19.6. The molecule has 2 aromatic carbocycles. The van der Waals surface area contributed by atoms with Crippen molar-refractivity contribution in [2.45, 2.75) is 19.4 Å². The summed E-state index contributed by atoms with van der Waals surface area (Å²) in [5, 5.41) is 7.36. The van der Waals surface area contributed by atoms with Crippen LogP contribution in [0.4, 0.5) is 0 Å². The van der Waals surface area contributed by atoms with Crippen LogP contribution in [0.2, 0.25) is 5.02 Å². The second-order valence-corrected chi connectivity index (χ2v) is 6.42. The van der Waals surface area contributed by atoms with E-state index in [9.17, 15) is 9.59 Å². The van der Waals surface area contributed by atoms with Gasteiger partial charge in [0.25, 0.3) is 0 Å². The zero-order valence-corrected chi connectivity index (χ0v) is 15.9. The highest BCUT2D eigenvalue weighted by Crippen LogP contribution is 2.19. The average Bonchev–Trinajstić information content (AvgIpc) is 3.20. The molecule has 0 bridgehead atoms. The summed E-state index contributed by atoms with van der Waals surface area (Å²) >= 11 is 5.86. The first-order valence-electron chi connectivity index (χ1n) is 8.57. The Labute approximate surface area is 166 Å². The molecule has 0 aliphatic rings. The molecule has 0 spiro atoms. The van der Waals surface area contributed by atoms with Crippen molar-refractivity contribution in [2.75, 3.05) is 7.11 Å². The Morgan fingerprint density at radius 3 is 2.50 bits per heavy atom. The zero-order chi connectivity index (χ0) is 19.9. The largest absolute Gasteiger partial charge is 0.465 e. The van der Waals surface area contributed by atoms with Crippen LogP contribution in [-0.2, 0) is 22.5 Å². The lowest BCUT2D eigenvalue weighted by atomic mass is 10.1. The van der Waals surface area contributed by atoms with Gasteiger partial charge in [0.05, 0.1) is 12.7 Å². The maximum Gasteiger partial charge on any atom is 0.337 e. The summed E-state index contributed by atoms with van der Waals surface area (Å²) in [7, 11) is 1.33. The van der Waals surface area contributed by atoms with Gasteiger partial charge in [-0.05, 0) is 42.0 Å². The standard InChI is InChI=1S/C20H18ClN3O4/c1-27-20(26)15-4-2-13(3-5-15)12-22-17(25)10-11-18-23-19(24-28-18)14-6-8-16(21)9-7-14/h2-9H,10-12H2,1H3,(H,22,25). The number of amides is 1. The molecule has 1 amide bonds. The Morgan fingerprint density at radius 2 is 1.82 bits per heavy atom. The Morgan fingerprint density at radius 1 is 1.11 bits per heavy atom. The van der Waals surface area contributed by atoms with Crippen LogP contribution in [0.15, 0.2) is 53.1 Å². The summed E-state index contributed by atoms with van der Waals surface area (Å²) in [5.74, 6) is 0.316. The van der Waals surface area contributed by atoms with E-state index in [-0.39, 0.29) is 12.3 Å². The van der Waals surface area contributed by atoms with E-state index in [4.69, 9.17) is 16.1 Å². The second kappa shape index (κ2) is 9.14. The van der Waals surface area contributed by atoms with Gasteiger partial charge in [0, 0.05) is 30.0 Å². The molecule has 0 unspecified atom stereocenters. The predicted octanol–water partition coefficient (Wildman–Crippen LogP) is 3.43. The van der Waals surface area contributed by atoms with Gasteiger partial charge in [0.2, 0.25) is 17.6 Å². The van der Waals surface area contributed by atoms with E-state index in [2.05, 4.69) is 20.2 Å². The van der Waals surface area contributed by atoms with Gasteiger partial charge in [-0.3, -0.25) is 4.79 Å². The normalized spacial score (nSPS) is 10.5. The van der Waals surface area contributed by atoms with Crippen LogP contribution < -0.4 is 5.32 Å². The molecule has 3 aromatic rings. The third kappa shape index (κ3) is 5.17. The van der Waals surface area contributed by atoms with Crippen LogP contribution in [0.5, 0.6) is 0 Å². The van der Waals surface area contributed by atoms with Crippen LogP contribution in [0.1, 0.15) is 28.2 Å². The van der Waals surface area contributed by atoms with Gasteiger partial charge in [-0.2, -0.15) is 4.98 Å². The van der Waals surface area contributed by atoms with Crippen LogP contribution in [0, 0.1) is 0 Å². The number of hydrogen-bond acceptors (Lipinski definition) is 6. The highest BCUT2D eigenvalue weighted by Gasteiger charge is 2.11. The van der Waals surface area contributed by atoms with Crippen molar-refractivity contribution < 1.29 is 18.8 Å². The van der Waals surface area contributed by atoms with Gasteiger partial charge >= 0.3 is 5.97 Å². The molecule has 0 aliphatic carbocycles. The average molecular weight is 400 g/mol. The summed E-state index contributed by atoms with van der Waals surface area (Å²) in [6.07, 6.45) is 0.566. The van der Waals surface area contributed by atoms with Crippen molar-refractivity contribution >= 4 is 23.5 Å². The van der Waals surface area contributed by atoms with E-state index in [1.807, 2.05) is 0 Å². The summed E-state index contributed by atoms with van der Waals surface area (Å²) in [4.78, 5) is 27.7. The predicted molar refractivity (Wildman–Crippen MR) is 103 cm³/mol. The molecule has 0 fully saturated rings. The topological polar surface area (TPSA) is 94.3 Å². The lowest BCUT2D eigenvalue weighted by molar-refractivity contribution is -0.121. The molecule has 0 radical (unpaired) electrons. The number of ether oxygens (including phenoxy) is 1. The van der Waals surface area contributed by atoms with Gasteiger partial charge in [0.1, 0.15) is 0 Å². The highest BCUT2D eigenvalue weighted by molar-refractivity contribution is 6.30. The lowest BCUT2D eigenvalue weighted by Gasteiger charge is -2.05. The number of nitrogens with zero attached hydrogens (tertiary/aromatic N) is 2. The Bertz CT molecular complexity index is 952. The first-order valence-corrected chi connectivity index (χ1v) is 8.95. The SMILES string of the molecule is COC(=O)c1ccc(CNC(=O)CCc2nc(-c3ccc(Cl)cc3)no2)cc1. The number of aromatic nitrogens is 2. The van der Waals surface area contributed by atoms with Crippen molar-refractivity contribution in [1.82, 2.24) is 15.5 Å². The zero-order valence-electron chi connectivity index (χ0n) is 15.1. The minimum Gasteiger partial charge on any atom is -0.465 e. The Hall–Kier alpha value is -3.19. The minimum atomic E-state index is -0.395. The molecule has 0 saturated heterocycles. The van der Waals surface area contributed by atoms with Crippen molar-refractivity contribution in [1.29, 1.82) is 0 Å². The Kier molecular flexibility index (Phi) is 6.39. The van der Waals surface area contributed by atoms with Gasteiger partial charge in [0.15, 0.2) is 0 Å². The van der Waals surface area contributed by atoms with Gasteiger partial charge in [-0.25, -0.2) is 4.79 Å². The first-order chi connectivity index (χ1) is 13.5. The number of carbonyl (C=O) groups is 2. The third-order valence-electron chi connectivity index (χ3n) is 4.00. The van der Waals surface area contributed by atoms with E-state index >= 15 is 0 Å². The summed E-state index contributed by atoms with van der Waals surface area (Å²) < 4.78 is 9.84. The van der Waals surface area contributed by atoms with E-state index < -0.39 is 5.97 Å². The quantitative estimate of drug-likeness (QED) is 0.612. The fourth-order valence-corrected chi connectivity index (χ4v) is 2.58. The van der Waals surface area contributed by atoms with E-state index in [1.165, 1.54) is 7.11 Å². The van der Waals surface area contributed by atoms with Crippen molar-refractivity contribution in [2.24, 2.45) is 0 Å². The molecule has 0 atom stereocenters. The van der Waals surface area contributed by atoms with E-state index in [0.717, 1.165) is 11.1 Å². The molecule has 7 nitrogen and oxygen atoms in total. The molecule has 8 heteroatoms. The number of nitrogens with one attached hydrogen (secondary N) is 1. The minimum absolute atomic E-state index is 0.136. The number of rotatable bonds is 7. The Balaban J connectivity index is 1.47. The maximum atomic E-state index is 12.0. The van der Waals surface area contributed by atoms with Crippen molar-refractivity contribution in [3.8, 4) is 11.4 Å². The molecular formula is C20H18ClN3O4. The van der Waals surface area contributed by atoms with Gasteiger partial charge in [-0.15, -0.1) is 0 Å². The summed E-state index contributed by atoms with van der Waals surface area (Å²) in [6, 6.07) is 13.9. The summed E-state index contributed by atoms with van der Waals surface area (Å²) in [6.45, 7) is 0.361. The van der Waals surface area contributed by atoms with Gasteiger partial charge in [-0.1, -0.05) is 28.9 Å². The molecular weight excluding hydrogens is 382 g/mol. The van der Waals surface area contributed by atoms with Gasteiger partial charge < -0.3 is 14.6 Å². The highest BCUT2D eigenvalue weighted by atomic mass is 35.5. The number of benzene rings is 2. The van der Waals surface area contributed by atoms with Crippen LogP contribution in [0.25, 0.3) is 11.4 Å². The number of esters is 1. The molecule has 1 N–H and O–H groups in total. The smallest absolute Gasteiger partial charge is 0.337 e. The van der Waals surface area contributed by atoms with Crippen molar-refractivity contribution in [3.05, 3.63) is 70.6 Å². The molecule has 3 rings (SSSR count). The monoisotopic (exact) mass is 399 g/mol.